The minimum absolute atomic E-state index is 0.0353. The average molecular weight is 271 g/mol. The first kappa shape index (κ1) is 13.9. The second-order valence-corrected chi connectivity index (χ2v) is 6.06. The average Bonchev–Trinajstić information content (AvgIpc) is 2.76. The van der Waals surface area contributed by atoms with Gasteiger partial charge in [-0.3, -0.25) is 0 Å². The predicted molar refractivity (Wildman–Crippen MR) is 73.8 cm³/mol. The van der Waals surface area contributed by atoms with Crippen LogP contribution in [-0.2, 0) is 5.66 Å². The van der Waals surface area contributed by atoms with Crippen LogP contribution in [0.5, 0.6) is 0 Å². The van der Waals surface area contributed by atoms with Crippen LogP contribution in [0, 0.1) is 24.7 Å². The molecule has 0 amide bonds. The molecular formula is C14H20F2NP. The maximum atomic E-state index is 12.5. The minimum Gasteiger partial charge on any atom is -0.316 e. The van der Waals surface area contributed by atoms with Gasteiger partial charge in [0.1, 0.15) is 0 Å². The van der Waals surface area contributed by atoms with E-state index in [-0.39, 0.29) is 5.56 Å². The topological polar surface area (TPSA) is 12.0 Å². The van der Waals surface area contributed by atoms with E-state index in [0.717, 1.165) is 23.3 Å². The lowest BCUT2D eigenvalue weighted by atomic mass is 10.2. The maximum Gasteiger partial charge on any atom is 0.283 e. The molecule has 1 aliphatic carbocycles. The Labute approximate surface area is 110 Å². The van der Waals surface area contributed by atoms with Crippen LogP contribution in [0.25, 0.3) is 0 Å². The lowest BCUT2D eigenvalue weighted by molar-refractivity contribution is 0.104. The fraction of sp³-hybridized carbons (Fsp3) is 0.571. The van der Waals surface area contributed by atoms with Crippen LogP contribution in [0.3, 0.4) is 0 Å². The quantitative estimate of drug-likeness (QED) is 0.772. The standard InChI is InChI=1S/C8H9F2P.C6H11N/c1-6-2-4-7(5-3-6)8(9,10)11;1-4-5-2-7-3-6(4)5/h2-5H,11H2,1H3;4-7H,2-3H2,1H3. The lowest BCUT2D eigenvalue weighted by Gasteiger charge is -2.09. The Hall–Kier alpha value is -0.530. The van der Waals surface area contributed by atoms with Gasteiger partial charge in [-0.05, 0) is 37.8 Å². The summed E-state index contributed by atoms with van der Waals surface area (Å²) in [7, 11) is 1.51. The van der Waals surface area contributed by atoms with Gasteiger partial charge < -0.3 is 5.32 Å². The SMILES string of the molecule is CC1C2CNCC12.Cc1ccc(C(F)(F)P)cc1. The summed E-state index contributed by atoms with van der Waals surface area (Å²) in [5.74, 6) is 3.20. The van der Waals surface area contributed by atoms with E-state index in [1.807, 2.05) is 6.92 Å². The van der Waals surface area contributed by atoms with Crippen molar-refractivity contribution in [3.8, 4) is 0 Å². The summed E-state index contributed by atoms with van der Waals surface area (Å²) in [4.78, 5) is 0. The molecule has 2 aliphatic rings. The van der Waals surface area contributed by atoms with Gasteiger partial charge in [0.05, 0.1) is 0 Å². The van der Waals surface area contributed by atoms with Crippen molar-refractivity contribution in [1.82, 2.24) is 5.32 Å². The molecule has 3 rings (SSSR count). The molecule has 1 saturated carbocycles. The molecule has 18 heavy (non-hydrogen) atoms. The predicted octanol–water partition coefficient (Wildman–Crippen LogP) is 3.39. The number of piperidine rings is 1. The third-order valence-electron chi connectivity index (χ3n) is 3.96. The van der Waals surface area contributed by atoms with Crippen LogP contribution in [-0.4, -0.2) is 13.1 Å². The molecule has 1 N–H and O–H groups in total. The molecule has 1 saturated heterocycles. The van der Waals surface area contributed by atoms with Crippen molar-refractivity contribution in [3.05, 3.63) is 35.4 Å². The summed E-state index contributed by atoms with van der Waals surface area (Å²) in [6, 6.07) is 6.21. The summed E-state index contributed by atoms with van der Waals surface area (Å²) >= 11 is 0. The summed E-state index contributed by atoms with van der Waals surface area (Å²) in [5, 5.41) is 3.35. The van der Waals surface area contributed by atoms with E-state index in [4.69, 9.17) is 0 Å². The van der Waals surface area contributed by atoms with E-state index >= 15 is 0 Å². The van der Waals surface area contributed by atoms with Crippen LogP contribution in [0.1, 0.15) is 18.1 Å². The van der Waals surface area contributed by atoms with E-state index in [9.17, 15) is 8.78 Å². The summed E-state index contributed by atoms with van der Waals surface area (Å²) in [6.07, 6.45) is 0. The van der Waals surface area contributed by atoms with Gasteiger partial charge in [-0.2, -0.15) is 8.78 Å². The molecule has 4 heteroatoms. The Morgan fingerprint density at radius 1 is 1.17 bits per heavy atom. The zero-order chi connectivity index (χ0) is 13.3. The number of hydrogen-bond acceptors (Lipinski definition) is 1. The van der Waals surface area contributed by atoms with E-state index in [0.29, 0.717) is 0 Å². The van der Waals surface area contributed by atoms with E-state index < -0.39 is 5.66 Å². The highest BCUT2D eigenvalue weighted by Gasteiger charge is 2.49. The van der Waals surface area contributed by atoms with Crippen LogP contribution in [0.2, 0.25) is 0 Å². The van der Waals surface area contributed by atoms with Gasteiger partial charge in [0.2, 0.25) is 0 Å². The normalized spacial score (nSPS) is 29.3. The van der Waals surface area contributed by atoms with Crippen LogP contribution >= 0.6 is 9.24 Å². The molecule has 0 aromatic heterocycles. The number of hydrogen-bond donors (Lipinski definition) is 1. The molecule has 3 unspecified atom stereocenters. The number of fused-ring (bicyclic) bond motifs is 1. The highest BCUT2D eigenvalue weighted by molar-refractivity contribution is 7.17. The number of halogens is 2. The second kappa shape index (κ2) is 5.22. The molecule has 1 heterocycles. The van der Waals surface area contributed by atoms with Gasteiger partial charge in [0.15, 0.2) is 0 Å². The summed E-state index contributed by atoms with van der Waals surface area (Å²) in [5.41, 5.74) is -1.77. The fourth-order valence-electron chi connectivity index (χ4n) is 2.50. The smallest absolute Gasteiger partial charge is 0.283 e. The van der Waals surface area contributed by atoms with Crippen molar-refractivity contribution in [3.63, 3.8) is 0 Å². The molecule has 0 spiro atoms. The maximum absolute atomic E-state index is 12.5. The summed E-state index contributed by atoms with van der Waals surface area (Å²) in [6.45, 7) is 6.82. The highest BCUT2D eigenvalue weighted by atomic mass is 31.0. The highest BCUT2D eigenvalue weighted by Crippen LogP contribution is 2.47. The third kappa shape index (κ3) is 3.27. The fourth-order valence-corrected chi connectivity index (χ4v) is 2.70. The number of aryl methyl sites for hydroxylation is 1. The molecule has 1 aliphatic heterocycles. The third-order valence-corrected chi connectivity index (χ3v) is 4.29. The van der Waals surface area contributed by atoms with Crippen molar-refractivity contribution in [2.24, 2.45) is 17.8 Å². The van der Waals surface area contributed by atoms with Gasteiger partial charge in [-0.25, -0.2) is 0 Å². The van der Waals surface area contributed by atoms with Crippen molar-refractivity contribution >= 4 is 9.24 Å². The largest absolute Gasteiger partial charge is 0.316 e. The Kier molecular flexibility index (Phi) is 4.03. The minimum atomic E-state index is -2.80. The van der Waals surface area contributed by atoms with E-state index in [2.05, 4.69) is 12.2 Å². The Bertz CT molecular complexity index is 389. The Morgan fingerprint density at radius 2 is 1.67 bits per heavy atom. The van der Waals surface area contributed by atoms with Crippen molar-refractivity contribution in [2.45, 2.75) is 19.5 Å². The van der Waals surface area contributed by atoms with Gasteiger partial charge in [-0.1, -0.05) is 46.0 Å². The molecule has 3 atom stereocenters. The first-order valence-electron chi connectivity index (χ1n) is 6.34. The van der Waals surface area contributed by atoms with Crippen molar-refractivity contribution in [1.29, 1.82) is 0 Å². The van der Waals surface area contributed by atoms with E-state index in [1.54, 1.807) is 12.1 Å². The Balaban J connectivity index is 0.000000146. The Morgan fingerprint density at radius 3 is 2.00 bits per heavy atom. The van der Waals surface area contributed by atoms with Crippen LogP contribution in [0.4, 0.5) is 8.78 Å². The zero-order valence-corrected chi connectivity index (χ0v) is 11.9. The van der Waals surface area contributed by atoms with Crippen LogP contribution in [0.15, 0.2) is 24.3 Å². The first-order valence-corrected chi connectivity index (χ1v) is 6.92. The van der Waals surface area contributed by atoms with Crippen molar-refractivity contribution in [2.75, 3.05) is 13.1 Å². The molecule has 1 nitrogen and oxygen atoms in total. The first-order chi connectivity index (χ1) is 8.39. The molecule has 2 fully saturated rings. The van der Waals surface area contributed by atoms with Gasteiger partial charge >= 0.3 is 0 Å². The number of benzene rings is 1. The molecular weight excluding hydrogens is 251 g/mol. The zero-order valence-electron chi connectivity index (χ0n) is 10.8. The van der Waals surface area contributed by atoms with E-state index in [1.165, 1.54) is 34.5 Å². The number of nitrogens with one attached hydrogen (secondary N) is 1. The summed E-state index contributed by atoms with van der Waals surface area (Å²) < 4.78 is 25.1. The monoisotopic (exact) mass is 271 g/mol. The molecule has 1 aromatic carbocycles. The van der Waals surface area contributed by atoms with Gasteiger partial charge in [0.25, 0.3) is 5.66 Å². The number of alkyl halides is 2. The lowest BCUT2D eigenvalue weighted by Crippen LogP contribution is -2.13. The van der Waals surface area contributed by atoms with Gasteiger partial charge in [0, 0.05) is 5.56 Å². The number of rotatable bonds is 1. The molecule has 1 aromatic rings. The second-order valence-electron chi connectivity index (χ2n) is 5.33. The molecule has 100 valence electrons. The van der Waals surface area contributed by atoms with Crippen LogP contribution < -0.4 is 5.32 Å². The molecule has 0 radical (unpaired) electrons. The molecule has 0 bridgehead atoms. The van der Waals surface area contributed by atoms with Crippen molar-refractivity contribution < 1.29 is 8.78 Å². The van der Waals surface area contributed by atoms with Gasteiger partial charge in [-0.15, -0.1) is 0 Å².